The highest BCUT2D eigenvalue weighted by molar-refractivity contribution is 6.30. The van der Waals surface area contributed by atoms with Crippen LogP contribution >= 0.6 is 11.6 Å². The number of ether oxygens (including phenoxy) is 2. The predicted octanol–water partition coefficient (Wildman–Crippen LogP) is 2.98. The molecule has 0 unspecified atom stereocenters. The van der Waals surface area contributed by atoms with Gasteiger partial charge in [0.2, 0.25) is 12.6 Å². The minimum atomic E-state index is -0.532. The van der Waals surface area contributed by atoms with Gasteiger partial charge in [0.05, 0.1) is 9.95 Å². The quantitative estimate of drug-likeness (QED) is 0.690. The standard InChI is InChI=1S/C13H10ClN3O4/c14-9-4-10(17(18)19)13(16-6-9)15-5-8-2-1-3-11-12(8)21-7-20-11/h1-4,6H,5,7H2,(H,15,16). The van der Waals surface area contributed by atoms with Crippen LogP contribution in [0.2, 0.25) is 5.02 Å². The van der Waals surface area contributed by atoms with E-state index >= 15 is 0 Å². The van der Waals surface area contributed by atoms with E-state index in [-0.39, 0.29) is 23.3 Å². The molecule has 1 aromatic carbocycles. The zero-order valence-corrected chi connectivity index (χ0v) is 11.5. The predicted molar refractivity (Wildman–Crippen MR) is 75.8 cm³/mol. The normalized spacial score (nSPS) is 12.2. The van der Waals surface area contributed by atoms with Crippen molar-refractivity contribution in [1.82, 2.24) is 4.98 Å². The van der Waals surface area contributed by atoms with E-state index in [2.05, 4.69) is 10.3 Å². The van der Waals surface area contributed by atoms with E-state index in [1.807, 2.05) is 12.1 Å². The minimum absolute atomic E-state index is 0.154. The number of para-hydroxylation sites is 1. The van der Waals surface area contributed by atoms with Crippen molar-refractivity contribution in [2.45, 2.75) is 6.54 Å². The van der Waals surface area contributed by atoms with Gasteiger partial charge in [-0.3, -0.25) is 10.1 Å². The third kappa shape index (κ3) is 2.68. The van der Waals surface area contributed by atoms with Gasteiger partial charge in [-0.05, 0) is 6.07 Å². The largest absolute Gasteiger partial charge is 0.454 e. The zero-order valence-electron chi connectivity index (χ0n) is 10.7. The van der Waals surface area contributed by atoms with Crippen LogP contribution < -0.4 is 14.8 Å². The number of halogens is 1. The highest BCUT2D eigenvalue weighted by Gasteiger charge is 2.19. The molecule has 0 spiro atoms. The summed E-state index contributed by atoms with van der Waals surface area (Å²) in [7, 11) is 0. The molecule has 0 amide bonds. The van der Waals surface area contributed by atoms with Gasteiger partial charge in [0.25, 0.3) is 0 Å². The molecular formula is C13H10ClN3O4. The van der Waals surface area contributed by atoms with Crippen molar-refractivity contribution in [1.29, 1.82) is 0 Å². The Hall–Kier alpha value is -2.54. The third-order valence-electron chi connectivity index (χ3n) is 2.96. The summed E-state index contributed by atoms with van der Waals surface area (Å²) < 4.78 is 10.7. The topological polar surface area (TPSA) is 86.5 Å². The van der Waals surface area contributed by atoms with Crippen molar-refractivity contribution in [3.63, 3.8) is 0 Å². The van der Waals surface area contributed by atoms with Crippen LogP contribution in [0.15, 0.2) is 30.5 Å². The molecule has 0 saturated carbocycles. The Balaban J connectivity index is 1.83. The van der Waals surface area contributed by atoms with E-state index in [0.29, 0.717) is 18.0 Å². The molecule has 2 aromatic rings. The molecule has 0 atom stereocenters. The van der Waals surface area contributed by atoms with E-state index in [0.717, 1.165) is 5.56 Å². The summed E-state index contributed by atoms with van der Waals surface area (Å²) in [5.74, 6) is 1.45. The van der Waals surface area contributed by atoms with Gasteiger partial charge in [0, 0.05) is 24.4 Å². The average molecular weight is 308 g/mol. The molecule has 0 saturated heterocycles. The maximum atomic E-state index is 11.0. The van der Waals surface area contributed by atoms with Crippen LogP contribution in [0.5, 0.6) is 11.5 Å². The summed E-state index contributed by atoms with van der Waals surface area (Å²) in [5, 5.41) is 14.1. The first-order valence-electron chi connectivity index (χ1n) is 6.06. The summed E-state index contributed by atoms with van der Waals surface area (Å²) >= 11 is 5.72. The highest BCUT2D eigenvalue weighted by Crippen LogP contribution is 2.36. The fourth-order valence-corrected chi connectivity index (χ4v) is 2.16. The molecule has 1 aliphatic heterocycles. The summed E-state index contributed by atoms with van der Waals surface area (Å²) in [5.41, 5.74) is 0.656. The van der Waals surface area contributed by atoms with E-state index in [9.17, 15) is 10.1 Å². The van der Waals surface area contributed by atoms with Crippen molar-refractivity contribution in [3.8, 4) is 11.5 Å². The molecule has 0 radical (unpaired) electrons. The maximum absolute atomic E-state index is 11.0. The number of hydrogen-bond donors (Lipinski definition) is 1. The molecule has 21 heavy (non-hydrogen) atoms. The fraction of sp³-hybridized carbons (Fsp3) is 0.154. The Morgan fingerprint density at radius 1 is 1.43 bits per heavy atom. The lowest BCUT2D eigenvalue weighted by atomic mass is 10.2. The van der Waals surface area contributed by atoms with E-state index in [4.69, 9.17) is 21.1 Å². The molecule has 3 rings (SSSR count). The van der Waals surface area contributed by atoms with Crippen LogP contribution in [0.3, 0.4) is 0 Å². The summed E-state index contributed by atoms with van der Waals surface area (Å²) in [6.07, 6.45) is 1.35. The lowest BCUT2D eigenvalue weighted by molar-refractivity contribution is -0.384. The lowest BCUT2D eigenvalue weighted by Crippen LogP contribution is -2.05. The summed E-state index contributed by atoms with van der Waals surface area (Å²) in [6.45, 7) is 0.494. The van der Waals surface area contributed by atoms with Crippen molar-refractivity contribution in [2.24, 2.45) is 0 Å². The molecule has 2 heterocycles. The van der Waals surface area contributed by atoms with Crippen LogP contribution in [0.25, 0.3) is 0 Å². The van der Waals surface area contributed by atoms with Crippen molar-refractivity contribution in [2.75, 3.05) is 12.1 Å². The Bertz CT molecular complexity index is 708. The average Bonchev–Trinajstić information content (AvgIpc) is 2.94. The van der Waals surface area contributed by atoms with Crippen molar-refractivity contribution >= 4 is 23.1 Å². The molecule has 0 bridgehead atoms. The van der Waals surface area contributed by atoms with E-state index in [1.54, 1.807) is 6.07 Å². The second kappa shape index (κ2) is 5.45. The van der Waals surface area contributed by atoms with E-state index in [1.165, 1.54) is 12.3 Å². The molecule has 7 nitrogen and oxygen atoms in total. The second-order valence-electron chi connectivity index (χ2n) is 4.28. The van der Waals surface area contributed by atoms with Gasteiger partial charge in [-0.1, -0.05) is 23.7 Å². The minimum Gasteiger partial charge on any atom is -0.454 e. The van der Waals surface area contributed by atoms with Crippen LogP contribution in [-0.2, 0) is 6.54 Å². The molecule has 1 aromatic heterocycles. The SMILES string of the molecule is O=[N+]([O-])c1cc(Cl)cnc1NCc1cccc2c1OCO2. The Labute approximate surface area is 124 Å². The van der Waals surface area contributed by atoms with Gasteiger partial charge in [0.15, 0.2) is 11.5 Å². The molecule has 0 aliphatic carbocycles. The molecular weight excluding hydrogens is 298 g/mol. The van der Waals surface area contributed by atoms with Gasteiger partial charge >= 0.3 is 5.69 Å². The Morgan fingerprint density at radius 2 is 2.29 bits per heavy atom. The number of benzene rings is 1. The monoisotopic (exact) mass is 307 g/mol. The van der Waals surface area contributed by atoms with Crippen molar-refractivity contribution < 1.29 is 14.4 Å². The molecule has 8 heteroatoms. The Kier molecular flexibility index (Phi) is 3.49. The molecule has 1 aliphatic rings. The van der Waals surface area contributed by atoms with Crippen LogP contribution in [0, 0.1) is 10.1 Å². The van der Waals surface area contributed by atoms with Crippen LogP contribution in [0.4, 0.5) is 11.5 Å². The maximum Gasteiger partial charge on any atom is 0.312 e. The number of nitrogens with zero attached hydrogens (tertiary/aromatic N) is 2. The Morgan fingerprint density at radius 3 is 3.10 bits per heavy atom. The number of hydrogen-bond acceptors (Lipinski definition) is 6. The van der Waals surface area contributed by atoms with Crippen LogP contribution in [0.1, 0.15) is 5.56 Å². The van der Waals surface area contributed by atoms with Gasteiger partial charge in [0.1, 0.15) is 0 Å². The summed E-state index contributed by atoms with van der Waals surface area (Å²) in [4.78, 5) is 14.4. The third-order valence-corrected chi connectivity index (χ3v) is 3.16. The number of rotatable bonds is 4. The number of fused-ring (bicyclic) bond motifs is 1. The van der Waals surface area contributed by atoms with Gasteiger partial charge < -0.3 is 14.8 Å². The number of aromatic nitrogens is 1. The molecule has 108 valence electrons. The zero-order chi connectivity index (χ0) is 14.8. The van der Waals surface area contributed by atoms with Gasteiger partial charge in [-0.2, -0.15) is 0 Å². The molecule has 1 N–H and O–H groups in total. The molecule has 0 fully saturated rings. The van der Waals surface area contributed by atoms with Gasteiger partial charge in [-0.25, -0.2) is 4.98 Å². The first-order valence-corrected chi connectivity index (χ1v) is 6.44. The van der Waals surface area contributed by atoms with Gasteiger partial charge in [-0.15, -0.1) is 0 Å². The summed E-state index contributed by atoms with van der Waals surface area (Å²) in [6, 6.07) is 6.73. The van der Waals surface area contributed by atoms with Crippen molar-refractivity contribution in [3.05, 3.63) is 51.2 Å². The first-order chi connectivity index (χ1) is 10.1. The van der Waals surface area contributed by atoms with E-state index < -0.39 is 4.92 Å². The fourth-order valence-electron chi connectivity index (χ4n) is 2.01. The second-order valence-corrected chi connectivity index (χ2v) is 4.72. The smallest absolute Gasteiger partial charge is 0.312 e. The number of nitrogens with one attached hydrogen (secondary N) is 1. The lowest BCUT2D eigenvalue weighted by Gasteiger charge is -2.08. The number of nitro groups is 1. The highest BCUT2D eigenvalue weighted by atomic mass is 35.5. The number of anilines is 1. The van der Waals surface area contributed by atoms with Crippen LogP contribution in [-0.4, -0.2) is 16.7 Å². The number of pyridine rings is 1. The first kappa shape index (κ1) is 13.4.